The van der Waals surface area contributed by atoms with Gasteiger partial charge in [-0.05, 0) is 47.2 Å². The topological polar surface area (TPSA) is 104 Å². The molecule has 0 spiro atoms. The van der Waals surface area contributed by atoms with Gasteiger partial charge >= 0.3 is 5.97 Å². The first kappa shape index (κ1) is 19.6. The molecule has 2 heterocycles. The number of amides is 1. The van der Waals surface area contributed by atoms with Crippen molar-refractivity contribution in [3.63, 3.8) is 0 Å². The Morgan fingerprint density at radius 1 is 1.31 bits per heavy atom. The molecule has 1 aromatic carbocycles. The number of sulfone groups is 1. The molecule has 0 aliphatic carbocycles. The van der Waals surface area contributed by atoms with Crippen molar-refractivity contribution in [3.05, 3.63) is 27.8 Å². The highest BCUT2D eigenvalue weighted by atomic mass is 127. The highest BCUT2D eigenvalue weighted by Crippen LogP contribution is 2.41. The number of nitrogens with zero attached hydrogens (tertiary/aromatic N) is 2. The van der Waals surface area contributed by atoms with Gasteiger partial charge in [-0.2, -0.15) is 4.99 Å². The molecule has 26 heavy (non-hydrogen) atoms. The van der Waals surface area contributed by atoms with Gasteiger partial charge in [0.25, 0.3) is 0 Å². The minimum absolute atomic E-state index is 0.0440. The van der Waals surface area contributed by atoms with E-state index in [4.69, 9.17) is 5.11 Å². The van der Waals surface area contributed by atoms with Gasteiger partial charge < -0.3 is 10.0 Å². The van der Waals surface area contributed by atoms with Gasteiger partial charge in [-0.1, -0.05) is 17.8 Å². The number of anilines is 1. The average molecular weight is 508 g/mol. The second-order valence-corrected chi connectivity index (χ2v) is 10.8. The van der Waals surface area contributed by atoms with Crippen molar-refractivity contribution in [3.8, 4) is 0 Å². The number of aliphatic carboxylic acids is 1. The summed E-state index contributed by atoms with van der Waals surface area (Å²) in [7, 11) is -3.10. The first-order chi connectivity index (χ1) is 12.2. The number of fused-ring (bicyclic) bond motifs is 1. The predicted molar refractivity (Wildman–Crippen MR) is 109 cm³/mol. The molecule has 1 N–H and O–H groups in total. The number of hydrogen-bond acceptors (Lipinski definition) is 5. The van der Waals surface area contributed by atoms with Crippen molar-refractivity contribution in [1.82, 2.24) is 0 Å². The molecule has 140 valence electrons. The molecule has 0 saturated carbocycles. The molecule has 0 aromatic heterocycles. The van der Waals surface area contributed by atoms with Gasteiger partial charge in [0.15, 0.2) is 15.0 Å². The van der Waals surface area contributed by atoms with Crippen LogP contribution in [0.4, 0.5) is 5.69 Å². The fourth-order valence-corrected chi connectivity index (χ4v) is 7.50. The summed E-state index contributed by atoms with van der Waals surface area (Å²) in [4.78, 5) is 28.7. The molecule has 2 unspecified atom stereocenters. The first-order valence-electron chi connectivity index (χ1n) is 8.00. The molecule has 2 aliphatic rings. The largest absolute Gasteiger partial charge is 0.481 e. The van der Waals surface area contributed by atoms with E-state index in [-0.39, 0.29) is 48.0 Å². The quantitative estimate of drug-likeness (QED) is 0.608. The minimum Gasteiger partial charge on any atom is -0.481 e. The molecule has 1 aromatic rings. The number of halogens is 1. The van der Waals surface area contributed by atoms with E-state index in [1.54, 1.807) is 0 Å². The van der Waals surface area contributed by atoms with E-state index < -0.39 is 15.8 Å². The number of hydrogen-bond donors (Lipinski definition) is 1. The van der Waals surface area contributed by atoms with E-state index in [9.17, 15) is 18.0 Å². The van der Waals surface area contributed by atoms with Gasteiger partial charge in [-0.15, -0.1) is 0 Å². The molecule has 3 rings (SSSR count). The van der Waals surface area contributed by atoms with E-state index in [0.717, 1.165) is 9.26 Å². The van der Waals surface area contributed by atoms with Gasteiger partial charge in [0.2, 0.25) is 5.91 Å². The Balaban J connectivity index is 1.85. The number of carbonyl (C=O) groups is 2. The van der Waals surface area contributed by atoms with E-state index in [0.29, 0.717) is 5.17 Å². The summed E-state index contributed by atoms with van der Waals surface area (Å²) in [5, 5.41) is 9.02. The van der Waals surface area contributed by atoms with Gasteiger partial charge in [0.1, 0.15) is 0 Å². The summed E-state index contributed by atoms with van der Waals surface area (Å²) < 4.78 is 25.0. The number of amidine groups is 1. The Morgan fingerprint density at radius 2 is 2.08 bits per heavy atom. The second kappa shape index (κ2) is 7.85. The zero-order valence-electron chi connectivity index (χ0n) is 13.7. The molecule has 2 atom stereocenters. The van der Waals surface area contributed by atoms with E-state index >= 15 is 0 Å². The van der Waals surface area contributed by atoms with Crippen LogP contribution in [-0.2, 0) is 19.4 Å². The zero-order chi connectivity index (χ0) is 18.9. The van der Waals surface area contributed by atoms with Crippen molar-refractivity contribution in [2.24, 2.45) is 4.99 Å². The van der Waals surface area contributed by atoms with Crippen LogP contribution in [0.2, 0.25) is 0 Å². The molecule has 2 aliphatic heterocycles. The second-order valence-electron chi connectivity index (χ2n) is 6.19. The maximum atomic E-state index is 12.1. The Labute approximate surface area is 169 Å². The number of carboxylic acid groups (broad SMARTS) is 1. The third-order valence-corrected chi connectivity index (χ3v) is 8.04. The van der Waals surface area contributed by atoms with Crippen LogP contribution in [-0.4, -0.2) is 53.4 Å². The fourth-order valence-electron chi connectivity index (χ4n) is 3.05. The number of thioether (sulfide) groups is 1. The monoisotopic (exact) mass is 508 g/mol. The predicted octanol–water partition coefficient (Wildman–Crippen LogP) is 2.15. The molecule has 0 radical (unpaired) electrons. The lowest BCUT2D eigenvalue weighted by atomic mass is 10.2. The smallest absolute Gasteiger partial charge is 0.303 e. The van der Waals surface area contributed by atoms with E-state index in [1.807, 2.05) is 29.2 Å². The number of benzene rings is 1. The number of aliphatic imine (C=N–C) groups is 1. The van der Waals surface area contributed by atoms with Crippen molar-refractivity contribution >= 4 is 66.9 Å². The Kier molecular flexibility index (Phi) is 5.92. The minimum atomic E-state index is -3.10. The summed E-state index contributed by atoms with van der Waals surface area (Å²) in [5.74, 6) is -1.20. The summed E-state index contributed by atoms with van der Waals surface area (Å²) >= 11 is 3.50. The Bertz CT molecular complexity index is 871. The standard InChI is InChI=1S/C16H17IN2O5S2/c17-10-3-1-4-11(7-10)19-12-8-26(23,24)9-13(12)25-16(19)18-14(20)5-2-6-15(21)22/h1,3-4,7,12-13H,2,5-6,8-9H2,(H,21,22). The van der Waals surface area contributed by atoms with Gasteiger partial charge in [0, 0.05) is 27.3 Å². The molecular weight excluding hydrogens is 491 g/mol. The van der Waals surface area contributed by atoms with Crippen molar-refractivity contribution in [2.45, 2.75) is 30.6 Å². The Morgan fingerprint density at radius 3 is 2.77 bits per heavy atom. The van der Waals surface area contributed by atoms with Crippen LogP contribution in [0.25, 0.3) is 0 Å². The van der Waals surface area contributed by atoms with Crippen molar-refractivity contribution < 1.29 is 23.1 Å². The summed E-state index contributed by atoms with van der Waals surface area (Å²) in [6.07, 6.45) is 0.220. The van der Waals surface area contributed by atoms with Crippen molar-refractivity contribution in [1.29, 1.82) is 0 Å². The molecule has 2 fully saturated rings. The molecule has 10 heteroatoms. The third kappa shape index (κ3) is 4.58. The molecule has 1 amide bonds. The average Bonchev–Trinajstić information content (AvgIpc) is 2.97. The molecule has 0 bridgehead atoms. The summed E-state index contributed by atoms with van der Waals surface area (Å²) in [6, 6.07) is 7.38. The van der Waals surface area contributed by atoms with Gasteiger partial charge in [-0.3, -0.25) is 9.59 Å². The van der Waals surface area contributed by atoms with Gasteiger partial charge in [0.05, 0.1) is 17.5 Å². The van der Waals surface area contributed by atoms with Crippen molar-refractivity contribution in [2.75, 3.05) is 16.4 Å². The van der Waals surface area contributed by atoms with Crippen LogP contribution in [0, 0.1) is 3.57 Å². The highest BCUT2D eigenvalue weighted by Gasteiger charge is 2.49. The SMILES string of the molecule is O=C(O)CCCC(=O)N=C1SC2CS(=O)(=O)CC2N1c1cccc(I)c1. The summed E-state index contributed by atoms with van der Waals surface area (Å²) in [5.41, 5.74) is 0.811. The van der Waals surface area contributed by atoms with E-state index in [1.165, 1.54) is 11.8 Å². The van der Waals surface area contributed by atoms with Crippen LogP contribution in [0.1, 0.15) is 19.3 Å². The maximum Gasteiger partial charge on any atom is 0.303 e. The maximum absolute atomic E-state index is 12.1. The highest BCUT2D eigenvalue weighted by molar-refractivity contribution is 14.1. The molecule has 2 saturated heterocycles. The normalized spacial score (nSPS) is 25.4. The third-order valence-electron chi connectivity index (χ3n) is 4.15. The molecule has 7 nitrogen and oxygen atoms in total. The van der Waals surface area contributed by atoms with Crippen LogP contribution >= 0.6 is 34.4 Å². The van der Waals surface area contributed by atoms with Gasteiger partial charge in [-0.25, -0.2) is 8.42 Å². The lowest BCUT2D eigenvalue weighted by Gasteiger charge is -2.24. The number of rotatable bonds is 5. The molecular formula is C16H17IN2O5S2. The lowest BCUT2D eigenvalue weighted by molar-refractivity contribution is -0.137. The Hall–Kier alpha value is -1.14. The van der Waals surface area contributed by atoms with E-state index in [2.05, 4.69) is 27.6 Å². The first-order valence-corrected chi connectivity index (χ1v) is 11.8. The number of carbonyl (C=O) groups excluding carboxylic acids is 1. The fraction of sp³-hybridized carbons (Fsp3) is 0.438. The van der Waals surface area contributed by atoms with Crippen LogP contribution in [0.3, 0.4) is 0 Å². The zero-order valence-corrected chi connectivity index (χ0v) is 17.5. The lowest BCUT2D eigenvalue weighted by Crippen LogP contribution is -2.37. The number of carboxylic acids is 1. The van der Waals surface area contributed by atoms with Crippen LogP contribution in [0.5, 0.6) is 0 Å². The summed E-state index contributed by atoms with van der Waals surface area (Å²) in [6.45, 7) is 0. The van der Waals surface area contributed by atoms with Crippen LogP contribution in [0.15, 0.2) is 29.3 Å². The van der Waals surface area contributed by atoms with Crippen LogP contribution < -0.4 is 4.90 Å².